The third-order valence-electron chi connectivity index (χ3n) is 3.01. The van der Waals surface area contributed by atoms with E-state index in [4.69, 9.17) is 10.00 Å². The summed E-state index contributed by atoms with van der Waals surface area (Å²) in [6.45, 7) is 0.389. The highest BCUT2D eigenvalue weighted by molar-refractivity contribution is 5.78. The molecule has 0 radical (unpaired) electrons. The van der Waals surface area contributed by atoms with E-state index in [1.807, 2.05) is 48.5 Å². The summed E-state index contributed by atoms with van der Waals surface area (Å²) in [6, 6.07) is 21.2. The number of aromatic nitrogens is 1. The van der Waals surface area contributed by atoms with Crippen LogP contribution in [-0.4, -0.2) is 4.98 Å². The highest BCUT2D eigenvalue weighted by atomic mass is 16.5. The maximum absolute atomic E-state index is 8.85. The first-order valence-electron chi connectivity index (χ1n) is 6.33. The van der Waals surface area contributed by atoms with Crippen molar-refractivity contribution in [3.05, 3.63) is 71.9 Å². The number of benzene rings is 2. The number of rotatable bonds is 3. The van der Waals surface area contributed by atoms with Gasteiger partial charge in [0.25, 0.3) is 0 Å². The molecule has 3 rings (SSSR count). The lowest BCUT2D eigenvalue weighted by Crippen LogP contribution is -1.98. The molecule has 1 aromatic heterocycles. The molecule has 0 saturated heterocycles. The number of nitrogens with zero attached hydrogens (tertiary/aromatic N) is 2. The molecular weight excluding hydrogens is 248 g/mol. The zero-order valence-electron chi connectivity index (χ0n) is 10.8. The average molecular weight is 260 g/mol. The van der Waals surface area contributed by atoms with Gasteiger partial charge >= 0.3 is 0 Å². The largest absolute Gasteiger partial charge is 0.487 e. The third-order valence-corrected chi connectivity index (χ3v) is 3.01. The normalized spacial score (nSPS) is 10.2. The van der Waals surface area contributed by atoms with Gasteiger partial charge in [-0.2, -0.15) is 5.26 Å². The molecule has 3 nitrogen and oxygen atoms in total. The van der Waals surface area contributed by atoms with Crippen LogP contribution in [0.4, 0.5) is 0 Å². The Labute approximate surface area is 117 Å². The second-order valence-electron chi connectivity index (χ2n) is 4.42. The van der Waals surface area contributed by atoms with Gasteiger partial charge in [0, 0.05) is 5.39 Å². The maximum Gasteiger partial charge on any atom is 0.130 e. The fourth-order valence-corrected chi connectivity index (χ4v) is 2.00. The Bertz CT molecular complexity index is 790. The van der Waals surface area contributed by atoms with Gasteiger partial charge in [-0.15, -0.1) is 0 Å². The quantitative estimate of drug-likeness (QED) is 0.721. The van der Waals surface area contributed by atoms with Crippen LogP contribution >= 0.6 is 0 Å². The smallest absolute Gasteiger partial charge is 0.130 e. The van der Waals surface area contributed by atoms with Crippen LogP contribution in [0.2, 0.25) is 0 Å². The molecule has 0 N–H and O–H groups in total. The van der Waals surface area contributed by atoms with Crippen LogP contribution in [0.1, 0.15) is 11.3 Å². The second-order valence-corrected chi connectivity index (χ2v) is 4.42. The molecule has 0 atom stereocenters. The number of pyridine rings is 1. The molecule has 20 heavy (non-hydrogen) atoms. The van der Waals surface area contributed by atoms with Crippen LogP contribution < -0.4 is 4.74 Å². The fraction of sp³-hybridized carbons (Fsp3) is 0.0588. The Kier molecular flexibility index (Phi) is 3.30. The summed E-state index contributed by atoms with van der Waals surface area (Å²) in [5, 5.41) is 9.96. The molecule has 0 aliphatic rings. The van der Waals surface area contributed by atoms with E-state index < -0.39 is 0 Å². The van der Waals surface area contributed by atoms with Crippen molar-refractivity contribution in [3.8, 4) is 11.8 Å². The molecule has 0 aliphatic carbocycles. The molecule has 2 aromatic carbocycles. The van der Waals surface area contributed by atoms with E-state index in [1.54, 1.807) is 12.1 Å². The molecule has 0 spiro atoms. The molecule has 1 heterocycles. The minimum atomic E-state index is 0.389. The summed E-state index contributed by atoms with van der Waals surface area (Å²) in [7, 11) is 0. The molecular formula is C17H12N2O. The van der Waals surface area contributed by atoms with E-state index in [9.17, 15) is 0 Å². The van der Waals surface area contributed by atoms with Crippen molar-refractivity contribution in [1.29, 1.82) is 5.26 Å². The van der Waals surface area contributed by atoms with Crippen molar-refractivity contribution in [2.24, 2.45) is 0 Å². The summed E-state index contributed by atoms with van der Waals surface area (Å²) >= 11 is 0. The molecule has 0 unspecified atom stereocenters. The minimum Gasteiger partial charge on any atom is -0.487 e. The van der Waals surface area contributed by atoms with E-state index in [0.29, 0.717) is 17.9 Å². The van der Waals surface area contributed by atoms with E-state index in [2.05, 4.69) is 11.1 Å². The highest BCUT2D eigenvalue weighted by Gasteiger charge is 2.00. The van der Waals surface area contributed by atoms with Crippen LogP contribution in [0.15, 0.2) is 60.7 Å². The van der Waals surface area contributed by atoms with E-state index >= 15 is 0 Å². The van der Waals surface area contributed by atoms with Crippen molar-refractivity contribution in [2.75, 3.05) is 0 Å². The van der Waals surface area contributed by atoms with Crippen LogP contribution in [0.25, 0.3) is 10.9 Å². The maximum atomic E-state index is 8.85. The molecule has 3 aromatic rings. The van der Waals surface area contributed by atoms with Gasteiger partial charge in [0.1, 0.15) is 12.4 Å². The third kappa shape index (κ3) is 2.60. The predicted octanol–water partition coefficient (Wildman–Crippen LogP) is 3.69. The van der Waals surface area contributed by atoms with Gasteiger partial charge in [-0.25, -0.2) is 4.98 Å². The second kappa shape index (κ2) is 5.41. The number of hydrogen-bond acceptors (Lipinski definition) is 3. The molecule has 0 aliphatic heterocycles. The first-order valence-corrected chi connectivity index (χ1v) is 6.33. The minimum absolute atomic E-state index is 0.389. The average Bonchev–Trinajstić information content (AvgIpc) is 2.53. The van der Waals surface area contributed by atoms with Crippen molar-refractivity contribution in [3.63, 3.8) is 0 Å². The first-order chi connectivity index (χ1) is 9.85. The Morgan fingerprint density at radius 1 is 1.00 bits per heavy atom. The highest BCUT2D eigenvalue weighted by Crippen LogP contribution is 2.16. The van der Waals surface area contributed by atoms with Gasteiger partial charge in [-0.1, -0.05) is 30.3 Å². The van der Waals surface area contributed by atoms with E-state index in [-0.39, 0.29) is 0 Å². The first kappa shape index (κ1) is 12.2. The van der Waals surface area contributed by atoms with Crippen LogP contribution in [0, 0.1) is 11.3 Å². The molecule has 0 saturated carbocycles. The molecule has 0 amide bonds. The number of nitriles is 1. The monoisotopic (exact) mass is 260 g/mol. The Morgan fingerprint density at radius 3 is 2.80 bits per heavy atom. The lowest BCUT2D eigenvalue weighted by Gasteiger charge is -2.06. The molecule has 0 fully saturated rings. The Balaban J connectivity index is 1.78. The summed E-state index contributed by atoms with van der Waals surface area (Å²) in [5.41, 5.74) is 2.42. The van der Waals surface area contributed by atoms with Gasteiger partial charge in [-0.05, 0) is 30.3 Å². The van der Waals surface area contributed by atoms with Gasteiger partial charge in [0.05, 0.1) is 22.8 Å². The van der Waals surface area contributed by atoms with Crippen LogP contribution in [-0.2, 0) is 6.61 Å². The standard InChI is InChI=1S/C17H12N2O/c18-11-13-4-3-6-16(10-13)20-12-15-9-8-14-5-1-2-7-17(14)19-15/h1-10H,12H2. The SMILES string of the molecule is N#Cc1cccc(OCc2ccc3ccccc3n2)c1. The molecule has 0 bridgehead atoms. The van der Waals surface area contributed by atoms with Gasteiger partial charge < -0.3 is 4.74 Å². The van der Waals surface area contributed by atoms with Gasteiger partial charge in [0.15, 0.2) is 0 Å². The summed E-state index contributed by atoms with van der Waals surface area (Å²) in [5.74, 6) is 0.680. The van der Waals surface area contributed by atoms with Crippen LogP contribution in [0.5, 0.6) is 5.75 Å². The Morgan fingerprint density at radius 2 is 1.90 bits per heavy atom. The zero-order chi connectivity index (χ0) is 13.8. The van der Waals surface area contributed by atoms with E-state index in [1.165, 1.54) is 0 Å². The number of ether oxygens (including phenoxy) is 1. The fourth-order valence-electron chi connectivity index (χ4n) is 2.00. The van der Waals surface area contributed by atoms with Crippen LogP contribution in [0.3, 0.4) is 0 Å². The van der Waals surface area contributed by atoms with E-state index in [0.717, 1.165) is 16.6 Å². The summed E-state index contributed by atoms with van der Waals surface area (Å²) in [4.78, 5) is 4.54. The summed E-state index contributed by atoms with van der Waals surface area (Å²) < 4.78 is 5.67. The number of hydrogen-bond donors (Lipinski definition) is 0. The number of para-hydroxylation sites is 1. The van der Waals surface area contributed by atoms with Gasteiger partial charge in [0.2, 0.25) is 0 Å². The number of fused-ring (bicyclic) bond motifs is 1. The summed E-state index contributed by atoms with van der Waals surface area (Å²) in [6.07, 6.45) is 0. The van der Waals surface area contributed by atoms with Crippen molar-refractivity contribution >= 4 is 10.9 Å². The van der Waals surface area contributed by atoms with Crippen molar-refractivity contribution < 1.29 is 4.74 Å². The Hall–Kier alpha value is -2.86. The van der Waals surface area contributed by atoms with Gasteiger partial charge in [-0.3, -0.25) is 0 Å². The van der Waals surface area contributed by atoms with Crippen molar-refractivity contribution in [2.45, 2.75) is 6.61 Å². The van der Waals surface area contributed by atoms with Crippen molar-refractivity contribution in [1.82, 2.24) is 4.98 Å². The lowest BCUT2D eigenvalue weighted by atomic mass is 10.2. The molecule has 3 heteroatoms. The zero-order valence-corrected chi connectivity index (χ0v) is 10.8. The molecule has 96 valence electrons. The predicted molar refractivity (Wildman–Crippen MR) is 77.2 cm³/mol. The topological polar surface area (TPSA) is 45.9 Å². The lowest BCUT2D eigenvalue weighted by molar-refractivity contribution is 0.301.